The van der Waals surface area contributed by atoms with Crippen molar-refractivity contribution < 1.29 is 4.74 Å². The summed E-state index contributed by atoms with van der Waals surface area (Å²) in [5.74, 6) is 0.754. The molecule has 0 amide bonds. The first kappa shape index (κ1) is 15.9. The Morgan fingerprint density at radius 3 is 2.67 bits per heavy atom. The SMILES string of the molecule is CCC(N)Cc1cccc(Cl)c1OCc1cccc(C)c1. The van der Waals surface area contributed by atoms with E-state index in [9.17, 15) is 0 Å². The molecule has 0 aliphatic rings. The van der Waals surface area contributed by atoms with Gasteiger partial charge in [0.05, 0.1) is 5.02 Å². The zero-order valence-corrected chi connectivity index (χ0v) is 13.4. The first-order chi connectivity index (χ1) is 10.1. The lowest BCUT2D eigenvalue weighted by atomic mass is 10.0. The van der Waals surface area contributed by atoms with Crippen molar-refractivity contribution >= 4 is 11.6 Å². The van der Waals surface area contributed by atoms with E-state index in [1.807, 2.05) is 24.3 Å². The molecule has 0 fully saturated rings. The second kappa shape index (κ2) is 7.48. The van der Waals surface area contributed by atoms with Crippen LogP contribution in [0.4, 0.5) is 0 Å². The van der Waals surface area contributed by atoms with Gasteiger partial charge in [0.2, 0.25) is 0 Å². The lowest BCUT2D eigenvalue weighted by Crippen LogP contribution is -2.21. The van der Waals surface area contributed by atoms with Gasteiger partial charge in [-0.15, -0.1) is 0 Å². The van der Waals surface area contributed by atoms with Crippen LogP contribution < -0.4 is 10.5 Å². The van der Waals surface area contributed by atoms with Crippen molar-refractivity contribution in [3.05, 3.63) is 64.2 Å². The molecule has 2 nitrogen and oxygen atoms in total. The van der Waals surface area contributed by atoms with E-state index in [0.29, 0.717) is 11.6 Å². The summed E-state index contributed by atoms with van der Waals surface area (Å²) in [6.45, 7) is 4.67. The summed E-state index contributed by atoms with van der Waals surface area (Å²) in [6.07, 6.45) is 1.71. The van der Waals surface area contributed by atoms with Crippen molar-refractivity contribution in [2.75, 3.05) is 0 Å². The maximum absolute atomic E-state index is 6.29. The van der Waals surface area contributed by atoms with Crippen LogP contribution in [0.25, 0.3) is 0 Å². The van der Waals surface area contributed by atoms with Crippen molar-refractivity contribution in [2.45, 2.75) is 39.3 Å². The van der Waals surface area contributed by atoms with Crippen LogP contribution in [-0.4, -0.2) is 6.04 Å². The molecule has 0 aromatic heterocycles. The van der Waals surface area contributed by atoms with Gasteiger partial charge >= 0.3 is 0 Å². The number of hydrogen-bond acceptors (Lipinski definition) is 2. The normalized spacial score (nSPS) is 12.2. The number of para-hydroxylation sites is 1. The van der Waals surface area contributed by atoms with Gasteiger partial charge in [-0.05, 0) is 37.0 Å². The van der Waals surface area contributed by atoms with Gasteiger partial charge in [-0.25, -0.2) is 0 Å². The predicted octanol–water partition coefficient (Wildman–Crippen LogP) is 4.51. The van der Waals surface area contributed by atoms with E-state index in [4.69, 9.17) is 22.1 Å². The highest BCUT2D eigenvalue weighted by Gasteiger charge is 2.11. The van der Waals surface area contributed by atoms with Gasteiger partial charge in [-0.1, -0.05) is 60.5 Å². The Bertz CT molecular complexity index is 598. The minimum absolute atomic E-state index is 0.129. The Hall–Kier alpha value is -1.51. The molecule has 1 unspecified atom stereocenters. The molecule has 2 aromatic carbocycles. The molecular weight excluding hydrogens is 282 g/mol. The molecule has 2 aromatic rings. The van der Waals surface area contributed by atoms with E-state index < -0.39 is 0 Å². The largest absolute Gasteiger partial charge is 0.487 e. The number of halogens is 1. The van der Waals surface area contributed by atoms with Crippen molar-refractivity contribution in [1.29, 1.82) is 0 Å². The highest BCUT2D eigenvalue weighted by Crippen LogP contribution is 2.30. The first-order valence-electron chi connectivity index (χ1n) is 7.31. The molecule has 0 saturated carbocycles. The molecule has 2 N–H and O–H groups in total. The van der Waals surface area contributed by atoms with E-state index in [1.165, 1.54) is 5.56 Å². The third-order valence-electron chi connectivity index (χ3n) is 3.52. The van der Waals surface area contributed by atoms with E-state index >= 15 is 0 Å². The molecule has 0 heterocycles. The third-order valence-corrected chi connectivity index (χ3v) is 3.82. The summed E-state index contributed by atoms with van der Waals surface area (Å²) >= 11 is 6.29. The topological polar surface area (TPSA) is 35.2 Å². The second-order valence-electron chi connectivity index (χ2n) is 5.38. The van der Waals surface area contributed by atoms with Crippen LogP contribution in [0.1, 0.15) is 30.0 Å². The summed E-state index contributed by atoms with van der Waals surface area (Å²) in [6, 6.07) is 14.2. The van der Waals surface area contributed by atoms with Crippen LogP contribution in [-0.2, 0) is 13.0 Å². The predicted molar refractivity (Wildman–Crippen MR) is 88.9 cm³/mol. The smallest absolute Gasteiger partial charge is 0.141 e. The van der Waals surface area contributed by atoms with Gasteiger partial charge < -0.3 is 10.5 Å². The minimum atomic E-state index is 0.129. The Morgan fingerprint density at radius 1 is 1.19 bits per heavy atom. The molecule has 0 radical (unpaired) electrons. The van der Waals surface area contributed by atoms with Crippen LogP contribution >= 0.6 is 11.6 Å². The summed E-state index contributed by atoms with van der Waals surface area (Å²) in [7, 11) is 0. The van der Waals surface area contributed by atoms with E-state index in [1.54, 1.807) is 0 Å². The molecule has 3 heteroatoms. The number of benzene rings is 2. The first-order valence-corrected chi connectivity index (χ1v) is 7.69. The van der Waals surface area contributed by atoms with Gasteiger partial charge in [-0.2, -0.15) is 0 Å². The minimum Gasteiger partial charge on any atom is -0.487 e. The Kier molecular flexibility index (Phi) is 5.66. The molecule has 21 heavy (non-hydrogen) atoms. The van der Waals surface area contributed by atoms with Crippen molar-refractivity contribution in [3.63, 3.8) is 0 Å². The number of hydrogen-bond donors (Lipinski definition) is 1. The molecular formula is C18H22ClNO. The number of aryl methyl sites for hydroxylation is 1. The summed E-state index contributed by atoms with van der Waals surface area (Å²) in [5, 5.41) is 0.642. The van der Waals surface area contributed by atoms with Crippen molar-refractivity contribution in [3.8, 4) is 5.75 Å². The highest BCUT2D eigenvalue weighted by atomic mass is 35.5. The Morgan fingerprint density at radius 2 is 1.95 bits per heavy atom. The third kappa shape index (κ3) is 4.48. The van der Waals surface area contributed by atoms with E-state index in [-0.39, 0.29) is 6.04 Å². The number of rotatable bonds is 6. The fourth-order valence-corrected chi connectivity index (χ4v) is 2.51. The van der Waals surface area contributed by atoms with Crippen LogP contribution in [0, 0.1) is 6.92 Å². The van der Waals surface area contributed by atoms with Gasteiger partial charge in [0, 0.05) is 6.04 Å². The quantitative estimate of drug-likeness (QED) is 0.852. The molecule has 0 aliphatic carbocycles. The zero-order valence-electron chi connectivity index (χ0n) is 12.6. The summed E-state index contributed by atoms with van der Waals surface area (Å²) in [4.78, 5) is 0. The number of nitrogens with two attached hydrogens (primary N) is 1. The van der Waals surface area contributed by atoms with Gasteiger partial charge in [0.15, 0.2) is 0 Å². The second-order valence-corrected chi connectivity index (χ2v) is 5.79. The Labute approximate surface area is 131 Å². The fourth-order valence-electron chi connectivity index (χ4n) is 2.26. The molecule has 0 spiro atoms. The highest BCUT2D eigenvalue weighted by molar-refractivity contribution is 6.32. The van der Waals surface area contributed by atoms with Crippen molar-refractivity contribution in [1.82, 2.24) is 0 Å². The average molecular weight is 304 g/mol. The molecule has 0 aliphatic heterocycles. The molecule has 112 valence electrons. The summed E-state index contributed by atoms with van der Waals surface area (Å²) in [5.41, 5.74) is 9.49. The lowest BCUT2D eigenvalue weighted by Gasteiger charge is -2.16. The zero-order chi connectivity index (χ0) is 15.2. The van der Waals surface area contributed by atoms with Crippen LogP contribution in [0.2, 0.25) is 5.02 Å². The number of ether oxygens (including phenoxy) is 1. The lowest BCUT2D eigenvalue weighted by molar-refractivity contribution is 0.302. The fraction of sp³-hybridized carbons (Fsp3) is 0.333. The van der Waals surface area contributed by atoms with Gasteiger partial charge in [0.25, 0.3) is 0 Å². The average Bonchev–Trinajstić information content (AvgIpc) is 2.46. The van der Waals surface area contributed by atoms with Crippen LogP contribution in [0.15, 0.2) is 42.5 Å². The van der Waals surface area contributed by atoms with Crippen LogP contribution in [0.3, 0.4) is 0 Å². The standard InChI is InChI=1S/C18H22ClNO/c1-3-16(20)11-15-8-5-9-17(19)18(15)21-12-14-7-4-6-13(2)10-14/h4-10,16H,3,11-12,20H2,1-2H3. The monoisotopic (exact) mass is 303 g/mol. The van der Waals surface area contributed by atoms with Crippen molar-refractivity contribution in [2.24, 2.45) is 5.73 Å². The van der Waals surface area contributed by atoms with Crippen LogP contribution in [0.5, 0.6) is 5.75 Å². The van der Waals surface area contributed by atoms with E-state index in [0.717, 1.165) is 29.7 Å². The molecule has 2 rings (SSSR count). The summed E-state index contributed by atoms with van der Waals surface area (Å²) < 4.78 is 5.97. The molecule has 0 saturated heterocycles. The van der Waals surface area contributed by atoms with E-state index in [2.05, 4.69) is 32.0 Å². The Balaban J connectivity index is 2.15. The molecule has 1 atom stereocenters. The maximum Gasteiger partial charge on any atom is 0.141 e. The van der Waals surface area contributed by atoms with Gasteiger partial charge in [0.1, 0.15) is 12.4 Å². The maximum atomic E-state index is 6.29. The molecule has 0 bridgehead atoms. The van der Waals surface area contributed by atoms with Gasteiger partial charge in [-0.3, -0.25) is 0 Å².